The van der Waals surface area contributed by atoms with Crippen molar-refractivity contribution in [1.82, 2.24) is 0 Å². The Balaban J connectivity index is 2.39. The molecule has 1 heteroatoms. The van der Waals surface area contributed by atoms with Crippen molar-refractivity contribution in [3.05, 3.63) is 19.3 Å². The van der Waals surface area contributed by atoms with Gasteiger partial charge in [0.1, 0.15) is 6.10 Å². The van der Waals surface area contributed by atoms with E-state index in [0.29, 0.717) is 0 Å². The van der Waals surface area contributed by atoms with Crippen LogP contribution >= 0.6 is 0 Å². The number of hydrogen-bond acceptors (Lipinski definition) is 1. The van der Waals surface area contributed by atoms with Gasteiger partial charge in [-0.25, -0.2) is 0 Å². The molecule has 1 nitrogen and oxygen atoms in total. The lowest BCUT2D eigenvalue weighted by Crippen LogP contribution is -2.07. The van der Waals surface area contributed by atoms with Gasteiger partial charge in [-0.2, -0.15) is 0 Å². The molecule has 0 aliphatic carbocycles. The molecule has 1 atom stereocenters. The lowest BCUT2D eigenvalue weighted by molar-refractivity contribution is 0.178. The zero-order valence-electron chi connectivity index (χ0n) is 2.85. The average Bonchev–Trinajstić information content (AvgIpc) is 1.30. The SMILES string of the molecule is [CH2]C1C=CO1. The average molecular weight is 69.1 g/mol. The van der Waals surface area contributed by atoms with Crippen molar-refractivity contribution in [1.29, 1.82) is 0 Å². The summed E-state index contributed by atoms with van der Waals surface area (Å²) in [6.45, 7) is 3.53. The maximum absolute atomic E-state index is 4.64. The molecule has 0 aromatic rings. The Hall–Kier alpha value is -0.460. The zero-order valence-corrected chi connectivity index (χ0v) is 2.85. The molecule has 0 aromatic carbocycles. The minimum absolute atomic E-state index is 0.134. The summed E-state index contributed by atoms with van der Waals surface area (Å²) >= 11 is 0. The maximum atomic E-state index is 4.64. The highest BCUT2D eigenvalue weighted by Gasteiger charge is 1.99. The van der Waals surface area contributed by atoms with Gasteiger partial charge < -0.3 is 4.74 Å². The van der Waals surface area contributed by atoms with Gasteiger partial charge >= 0.3 is 0 Å². The number of hydrogen-bond donors (Lipinski definition) is 0. The van der Waals surface area contributed by atoms with Gasteiger partial charge in [0, 0.05) is 0 Å². The van der Waals surface area contributed by atoms with Crippen molar-refractivity contribution in [2.75, 3.05) is 0 Å². The second-order valence-corrected chi connectivity index (χ2v) is 1.00. The first-order valence-corrected chi connectivity index (χ1v) is 1.55. The Morgan fingerprint density at radius 2 is 2.20 bits per heavy atom. The van der Waals surface area contributed by atoms with Crippen molar-refractivity contribution in [3.63, 3.8) is 0 Å². The first kappa shape index (κ1) is 2.76. The van der Waals surface area contributed by atoms with Gasteiger partial charge in [-0.3, -0.25) is 0 Å². The summed E-state index contributed by atoms with van der Waals surface area (Å²) in [7, 11) is 0. The lowest BCUT2D eigenvalue weighted by atomic mass is 10.3. The van der Waals surface area contributed by atoms with Gasteiger partial charge in [0.25, 0.3) is 0 Å². The van der Waals surface area contributed by atoms with E-state index in [4.69, 9.17) is 0 Å². The molecule has 0 spiro atoms. The van der Waals surface area contributed by atoms with Crippen molar-refractivity contribution in [2.24, 2.45) is 0 Å². The fourth-order valence-corrected chi connectivity index (χ4v) is 0.190. The Kier molecular flexibility index (Phi) is 0.411. The minimum Gasteiger partial charge on any atom is -0.494 e. The highest BCUT2D eigenvalue weighted by atomic mass is 16.5. The summed E-state index contributed by atoms with van der Waals surface area (Å²) in [5, 5.41) is 0. The fraction of sp³-hybridized carbons (Fsp3) is 0.250. The molecule has 1 unspecified atom stereocenters. The van der Waals surface area contributed by atoms with E-state index in [1.807, 2.05) is 6.08 Å². The smallest absolute Gasteiger partial charge is 0.119 e. The first-order chi connectivity index (χ1) is 2.39. The standard InChI is InChI=1S/C4H5O/c1-4-2-3-5-4/h2-4H,1H2. The van der Waals surface area contributed by atoms with Gasteiger partial charge in [0.2, 0.25) is 0 Å². The molecule has 0 amide bonds. The summed E-state index contributed by atoms with van der Waals surface area (Å²) in [5.41, 5.74) is 0. The lowest BCUT2D eigenvalue weighted by Gasteiger charge is -2.12. The minimum atomic E-state index is 0.134. The van der Waals surface area contributed by atoms with Crippen LogP contribution in [0, 0.1) is 6.92 Å². The molecule has 0 saturated heterocycles. The molecule has 1 radical (unpaired) electrons. The largest absolute Gasteiger partial charge is 0.494 e. The van der Waals surface area contributed by atoms with E-state index in [1.54, 1.807) is 6.26 Å². The van der Waals surface area contributed by atoms with E-state index in [2.05, 4.69) is 11.7 Å². The molecule has 1 rings (SSSR count). The van der Waals surface area contributed by atoms with Crippen LogP contribution in [0.1, 0.15) is 0 Å². The van der Waals surface area contributed by atoms with Crippen LogP contribution in [0.2, 0.25) is 0 Å². The van der Waals surface area contributed by atoms with Crippen molar-refractivity contribution < 1.29 is 4.74 Å². The third kappa shape index (κ3) is 0.274. The third-order valence-corrected chi connectivity index (χ3v) is 0.547. The number of ether oxygens (including phenoxy) is 1. The van der Waals surface area contributed by atoms with Crippen LogP contribution in [0.4, 0.5) is 0 Å². The van der Waals surface area contributed by atoms with Crippen LogP contribution in [-0.4, -0.2) is 6.10 Å². The summed E-state index contributed by atoms with van der Waals surface area (Å²) in [5.74, 6) is 0. The Bertz CT molecular complexity index is 56.7. The van der Waals surface area contributed by atoms with Crippen LogP contribution in [0.25, 0.3) is 0 Å². The maximum Gasteiger partial charge on any atom is 0.119 e. The molecule has 0 aromatic heterocycles. The van der Waals surface area contributed by atoms with Crippen LogP contribution in [-0.2, 0) is 4.74 Å². The molecule has 1 aliphatic rings. The van der Waals surface area contributed by atoms with Crippen LogP contribution in [0.5, 0.6) is 0 Å². The monoisotopic (exact) mass is 69.0 g/mol. The second-order valence-electron chi connectivity index (χ2n) is 1.00. The molecule has 0 bridgehead atoms. The fourth-order valence-electron chi connectivity index (χ4n) is 0.190. The van der Waals surface area contributed by atoms with Crippen LogP contribution in [0.15, 0.2) is 12.3 Å². The molecule has 0 N–H and O–H groups in total. The van der Waals surface area contributed by atoms with Gasteiger partial charge in [0.05, 0.1) is 6.26 Å². The van der Waals surface area contributed by atoms with Crippen molar-refractivity contribution in [3.8, 4) is 0 Å². The molecule has 0 fully saturated rings. The van der Waals surface area contributed by atoms with Crippen molar-refractivity contribution in [2.45, 2.75) is 6.10 Å². The summed E-state index contributed by atoms with van der Waals surface area (Å²) in [6.07, 6.45) is 3.66. The predicted molar refractivity (Wildman–Crippen MR) is 19.4 cm³/mol. The molecule has 1 heterocycles. The van der Waals surface area contributed by atoms with Crippen molar-refractivity contribution >= 4 is 0 Å². The summed E-state index contributed by atoms with van der Waals surface area (Å²) in [4.78, 5) is 0. The van der Waals surface area contributed by atoms with Gasteiger partial charge in [-0.15, -0.1) is 0 Å². The van der Waals surface area contributed by atoms with E-state index in [1.165, 1.54) is 0 Å². The molecular formula is C4H5O. The first-order valence-electron chi connectivity index (χ1n) is 1.55. The summed E-state index contributed by atoms with van der Waals surface area (Å²) in [6, 6.07) is 0. The van der Waals surface area contributed by atoms with E-state index < -0.39 is 0 Å². The van der Waals surface area contributed by atoms with E-state index in [0.717, 1.165) is 0 Å². The third-order valence-electron chi connectivity index (χ3n) is 0.547. The zero-order chi connectivity index (χ0) is 3.70. The van der Waals surface area contributed by atoms with Gasteiger partial charge in [-0.1, -0.05) is 0 Å². The molecule has 27 valence electrons. The second kappa shape index (κ2) is 0.744. The Morgan fingerprint density at radius 3 is 2.20 bits per heavy atom. The highest BCUT2D eigenvalue weighted by molar-refractivity contribution is 4.95. The Labute approximate surface area is 31.3 Å². The predicted octanol–water partition coefficient (Wildman–Crippen LogP) is 0.733. The highest BCUT2D eigenvalue weighted by Crippen LogP contribution is 2.01. The molecular weight excluding hydrogens is 64.0 g/mol. The van der Waals surface area contributed by atoms with Crippen LogP contribution in [0.3, 0.4) is 0 Å². The summed E-state index contributed by atoms with van der Waals surface area (Å²) < 4.78 is 4.64. The van der Waals surface area contributed by atoms with Gasteiger partial charge in [-0.05, 0) is 13.0 Å². The molecule has 0 saturated carbocycles. The molecule has 1 aliphatic heterocycles. The Morgan fingerprint density at radius 1 is 1.80 bits per heavy atom. The van der Waals surface area contributed by atoms with E-state index >= 15 is 0 Å². The van der Waals surface area contributed by atoms with E-state index in [9.17, 15) is 0 Å². The topological polar surface area (TPSA) is 9.23 Å². The number of rotatable bonds is 0. The van der Waals surface area contributed by atoms with E-state index in [-0.39, 0.29) is 6.10 Å². The molecule has 5 heavy (non-hydrogen) atoms. The van der Waals surface area contributed by atoms with Gasteiger partial charge in [0.15, 0.2) is 0 Å². The quantitative estimate of drug-likeness (QED) is 0.407. The normalized spacial score (nSPS) is 31.8. The van der Waals surface area contributed by atoms with Crippen LogP contribution < -0.4 is 0 Å².